The van der Waals surface area contributed by atoms with E-state index in [2.05, 4.69) is 4.98 Å². The van der Waals surface area contributed by atoms with E-state index < -0.39 is 0 Å². The van der Waals surface area contributed by atoms with Gasteiger partial charge in [-0.15, -0.1) is 0 Å². The molecule has 0 saturated carbocycles. The highest BCUT2D eigenvalue weighted by Gasteiger charge is 2.17. The lowest BCUT2D eigenvalue weighted by atomic mass is 10.1. The van der Waals surface area contributed by atoms with Crippen molar-refractivity contribution < 1.29 is 9.59 Å². The van der Waals surface area contributed by atoms with Gasteiger partial charge in [0.05, 0.1) is 6.54 Å². The summed E-state index contributed by atoms with van der Waals surface area (Å²) >= 11 is 5.82. The van der Waals surface area contributed by atoms with E-state index in [1.54, 1.807) is 59.3 Å². The number of hydrogen-bond donors (Lipinski definition) is 0. The van der Waals surface area contributed by atoms with Crippen LogP contribution in [0.5, 0.6) is 0 Å². The molecular formula is C18H13ClN2O2. The summed E-state index contributed by atoms with van der Waals surface area (Å²) in [6, 6.07) is 15.5. The number of rotatable bonds is 5. The number of hydrogen-bond acceptors (Lipinski definition) is 3. The number of carbonyl (C=O) groups excluding carboxylic acids is 2. The van der Waals surface area contributed by atoms with E-state index in [1.807, 2.05) is 6.07 Å². The number of aromatic nitrogens is 2. The van der Waals surface area contributed by atoms with Crippen molar-refractivity contribution in [3.63, 3.8) is 0 Å². The minimum absolute atomic E-state index is 0.0511. The van der Waals surface area contributed by atoms with E-state index in [1.165, 1.54) is 6.20 Å². The van der Waals surface area contributed by atoms with Gasteiger partial charge in [-0.1, -0.05) is 41.9 Å². The molecule has 0 N–H and O–H groups in total. The van der Waals surface area contributed by atoms with Gasteiger partial charge in [0.1, 0.15) is 0 Å². The molecule has 0 bridgehead atoms. The van der Waals surface area contributed by atoms with E-state index >= 15 is 0 Å². The third-order valence-electron chi connectivity index (χ3n) is 3.43. The van der Waals surface area contributed by atoms with Crippen LogP contribution in [-0.2, 0) is 6.54 Å². The minimum Gasteiger partial charge on any atom is -0.320 e. The van der Waals surface area contributed by atoms with Gasteiger partial charge in [0.2, 0.25) is 5.78 Å². The first kappa shape index (κ1) is 15.2. The van der Waals surface area contributed by atoms with Crippen molar-refractivity contribution in [1.82, 2.24) is 9.55 Å². The van der Waals surface area contributed by atoms with Crippen molar-refractivity contribution >= 4 is 23.2 Å². The Morgan fingerprint density at radius 1 is 0.957 bits per heavy atom. The Kier molecular flexibility index (Phi) is 4.35. The molecule has 0 atom stereocenters. The predicted molar refractivity (Wildman–Crippen MR) is 87.9 cm³/mol. The molecule has 114 valence electrons. The van der Waals surface area contributed by atoms with E-state index in [4.69, 9.17) is 11.6 Å². The highest BCUT2D eigenvalue weighted by Crippen LogP contribution is 2.13. The number of halogens is 1. The molecule has 0 aliphatic heterocycles. The minimum atomic E-state index is -0.209. The summed E-state index contributed by atoms with van der Waals surface area (Å²) in [6.07, 6.45) is 3.15. The Morgan fingerprint density at radius 2 is 1.65 bits per heavy atom. The van der Waals surface area contributed by atoms with Gasteiger partial charge in [0, 0.05) is 28.5 Å². The number of ketones is 2. The van der Waals surface area contributed by atoms with Crippen LogP contribution in [0.2, 0.25) is 5.02 Å². The van der Waals surface area contributed by atoms with E-state index in [0.717, 1.165) is 0 Å². The zero-order chi connectivity index (χ0) is 16.2. The lowest BCUT2D eigenvalue weighted by molar-refractivity contribution is 0.0967. The Labute approximate surface area is 138 Å². The van der Waals surface area contributed by atoms with Crippen molar-refractivity contribution in [2.75, 3.05) is 0 Å². The van der Waals surface area contributed by atoms with Crippen LogP contribution < -0.4 is 0 Å². The molecule has 3 aromatic rings. The van der Waals surface area contributed by atoms with Gasteiger partial charge in [-0.05, 0) is 24.3 Å². The fourth-order valence-corrected chi connectivity index (χ4v) is 2.37. The highest BCUT2D eigenvalue weighted by atomic mass is 35.5. The second kappa shape index (κ2) is 6.58. The fraction of sp³-hybridized carbons (Fsp3) is 0.0556. The Balaban J connectivity index is 1.83. The molecule has 1 aromatic heterocycles. The summed E-state index contributed by atoms with van der Waals surface area (Å²) < 4.78 is 1.56. The summed E-state index contributed by atoms with van der Waals surface area (Å²) in [6.45, 7) is 0.0511. The SMILES string of the molecule is O=C(Cn1ccnc1C(=O)c1ccccc1)c1ccc(Cl)cc1. The van der Waals surface area contributed by atoms with Crippen LogP contribution in [0.15, 0.2) is 67.0 Å². The zero-order valence-electron chi connectivity index (χ0n) is 12.1. The first-order chi connectivity index (χ1) is 11.1. The molecule has 0 unspecified atom stereocenters. The second-order valence-corrected chi connectivity index (χ2v) is 5.44. The topological polar surface area (TPSA) is 52.0 Å². The number of imidazole rings is 1. The first-order valence-electron chi connectivity index (χ1n) is 7.05. The quantitative estimate of drug-likeness (QED) is 0.673. The van der Waals surface area contributed by atoms with Gasteiger partial charge in [-0.25, -0.2) is 4.98 Å². The van der Waals surface area contributed by atoms with Gasteiger partial charge < -0.3 is 4.57 Å². The van der Waals surface area contributed by atoms with Gasteiger partial charge in [0.15, 0.2) is 11.6 Å². The predicted octanol–water partition coefficient (Wildman–Crippen LogP) is 3.65. The molecule has 2 aromatic carbocycles. The maximum absolute atomic E-state index is 12.5. The Morgan fingerprint density at radius 3 is 2.35 bits per heavy atom. The molecule has 1 heterocycles. The highest BCUT2D eigenvalue weighted by molar-refractivity contribution is 6.30. The lowest BCUT2D eigenvalue weighted by Gasteiger charge is -2.07. The monoisotopic (exact) mass is 324 g/mol. The van der Waals surface area contributed by atoms with Gasteiger partial charge in [-0.2, -0.15) is 0 Å². The van der Waals surface area contributed by atoms with Crippen LogP contribution in [0, 0.1) is 0 Å². The number of carbonyl (C=O) groups is 2. The van der Waals surface area contributed by atoms with Gasteiger partial charge in [0.25, 0.3) is 0 Å². The van der Waals surface area contributed by atoms with Crippen LogP contribution in [0.4, 0.5) is 0 Å². The maximum atomic E-state index is 12.5. The summed E-state index contributed by atoms with van der Waals surface area (Å²) in [5, 5.41) is 0.573. The molecule has 0 spiro atoms. The van der Waals surface area contributed by atoms with Crippen molar-refractivity contribution in [1.29, 1.82) is 0 Å². The van der Waals surface area contributed by atoms with Crippen LogP contribution in [-0.4, -0.2) is 21.1 Å². The summed E-state index contributed by atoms with van der Waals surface area (Å²) in [4.78, 5) is 28.9. The lowest BCUT2D eigenvalue weighted by Crippen LogP contribution is -2.16. The largest absolute Gasteiger partial charge is 0.320 e. The smallest absolute Gasteiger partial charge is 0.228 e. The molecule has 0 saturated heterocycles. The molecule has 0 radical (unpaired) electrons. The molecule has 3 rings (SSSR count). The summed E-state index contributed by atoms with van der Waals surface area (Å²) in [5.74, 6) is -0.0696. The summed E-state index contributed by atoms with van der Waals surface area (Å²) in [7, 11) is 0. The Bertz CT molecular complexity index is 839. The molecular weight excluding hydrogens is 312 g/mol. The number of benzene rings is 2. The third-order valence-corrected chi connectivity index (χ3v) is 3.69. The Hall–Kier alpha value is -2.72. The van der Waals surface area contributed by atoms with Crippen molar-refractivity contribution in [3.05, 3.63) is 89.0 Å². The van der Waals surface area contributed by atoms with E-state index in [0.29, 0.717) is 16.1 Å². The van der Waals surface area contributed by atoms with E-state index in [-0.39, 0.29) is 23.9 Å². The number of nitrogens with zero attached hydrogens (tertiary/aromatic N) is 2. The molecule has 0 aliphatic carbocycles. The van der Waals surface area contributed by atoms with Crippen molar-refractivity contribution in [2.24, 2.45) is 0 Å². The average Bonchev–Trinajstić information content (AvgIpc) is 3.03. The van der Waals surface area contributed by atoms with Crippen LogP contribution in [0.1, 0.15) is 26.5 Å². The van der Waals surface area contributed by atoms with Crippen molar-refractivity contribution in [3.8, 4) is 0 Å². The second-order valence-electron chi connectivity index (χ2n) is 5.00. The zero-order valence-corrected chi connectivity index (χ0v) is 12.9. The molecule has 0 amide bonds. The maximum Gasteiger partial charge on any atom is 0.228 e. The van der Waals surface area contributed by atoms with Gasteiger partial charge in [-0.3, -0.25) is 9.59 Å². The third kappa shape index (κ3) is 3.38. The van der Waals surface area contributed by atoms with Crippen LogP contribution in [0.3, 0.4) is 0 Å². The summed E-state index contributed by atoms with van der Waals surface area (Å²) in [5.41, 5.74) is 1.08. The number of Topliss-reactive ketones (excluding diaryl/α,β-unsaturated/α-hetero) is 1. The normalized spacial score (nSPS) is 10.5. The van der Waals surface area contributed by atoms with Crippen LogP contribution in [0.25, 0.3) is 0 Å². The molecule has 5 heteroatoms. The molecule has 0 aliphatic rings. The standard InChI is InChI=1S/C18H13ClN2O2/c19-15-8-6-13(7-9-15)16(22)12-21-11-10-20-18(21)17(23)14-4-2-1-3-5-14/h1-11H,12H2. The molecule has 4 nitrogen and oxygen atoms in total. The van der Waals surface area contributed by atoms with Crippen molar-refractivity contribution in [2.45, 2.75) is 6.54 Å². The average molecular weight is 325 g/mol. The molecule has 0 fully saturated rings. The van der Waals surface area contributed by atoms with Crippen LogP contribution >= 0.6 is 11.6 Å². The van der Waals surface area contributed by atoms with E-state index in [9.17, 15) is 9.59 Å². The van der Waals surface area contributed by atoms with Gasteiger partial charge >= 0.3 is 0 Å². The fourth-order valence-electron chi connectivity index (χ4n) is 2.25. The molecule has 23 heavy (non-hydrogen) atoms. The first-order valence-corrected chi connectivity index (χ1v) is 7.42.